The molecule has 12 heteroatoms. The van der Waals surface area contributed by atoms with E-state index in [4.69, 9.17) is 22.0 Å². The molecule has 3 amide bonds. The molecule has 0 aromatic heterocycles. The van der Waals surface area contributed by atoms with E-state index in [9.17, 15) is 19.7 Å². The molecule has 0 saturated carbocycles. The van der Waals surface area contributed by atoms with Gasteiger partial charge in [0.1, 0.15) is 18.8 Å². The van der Waals surface area contributed by atoms with Crippen LogP contribution in [0.5, 0.6) is 0 Å². The first-order valence-corrected chi connectivity index (χ1v) is 6.85. The lowest BCUT2D eigenvalue weighted by Crippen LogP contribution is -2.39. The Kier molecular flexibility index (Phi) is 6.81. The second-order valence-corrected chi connectivity index (χ2v) is 6.72. The highest BCUT2D eigenvalue weighted by Crippen LogP contribution is 2.31. The van der Waals surface area contributed by atoms with Gasteiger partial charge in [-0.2, -0.15) is 3.93 Å². The van der Waals surface area contributed by atoms with Crippen molar-refractivity contribution in [2.75, 3.05) is 13.2 Å². The van der Waals surface area contributed by atoms with Crippen molar-refractivity contribution in [2.45, 2.75) is 23.8 Å². The van der Waals surface area contributed by atoms with E-state index in [0.29, 0.717) is 0 Å². The minimum absolute atomic E-state index is 0.363. The van der Waals surface area contributed by atoms with Crippen LogP contribution in [0.3, 0.4) is 0 Å². The van der Waals surface area contributed by atoms with E-state index in [2.05, 4.69) is 32.1 Å². The van der Waals surface area contributed by atoms with Gasteiger partial charge in [0, 0.05) is 32.6 Å². The molecule has 0 bridgehead atoms. The summed E-state index contributed by atoms with van der Waals surface area (Å²) >= 11 is 10.9. The summed E-state index contributed by atoms with van der Waals surface area (Å²) in [6.45, 7) is 1.69. The molecule has 0 aliphatic carbocycles. The van der Waals surface area contributed by atoms with Crippen molar-refractivity contribution in [3.63, 3.8) is 0 Å². The molecular weight excluding hydrogens is 429 g/mol. The van der Waals surface area contributed by atoms with Crippen molar-refractivity contribution >= 4 is 55.8 Å². The highest BCUT2D eigenvalue weighted by molar-refractivity contribution is 9.10. The Bertz CT molecular complexity index is 417. The zero-order valence-corrected chi connectivity index (χ0v) is 14.3. The Hall–Kier alpha value is -0.490. The third-order valence-electron chi connectivity index (χ3n) is 2.34. The number of hydrogen-bond donors (Lipinski definition) is 2. The average molecular weight is 441 g/mol. The van der Waals surface area contributed by atoms with Crippen LogP contribution in [0, 0.1) is 10.1 Å². The van der Waals surface area contributed by atoms with Gasteiger partial charge in [-0.15, -0.1) is 0 Å². The molecule has 1 fully saturated rings. The molecule has 0 spiro atoms. The van der Waals surface area contributed by atoms with Crippen molar-refractivity contribution in [2.24, 2.45) is 0 Å². The molecule has 1 rings (SSSR count). The Balaban J connectivity index is 0.000000370. The normalized spacial score (nSPS) is 17.9. The summed E-state index contributed by atoms with van der Waals surface area (Å²) in [5, 5.41) is 26.5. The summed E-state index contributed by atoms with van der Waals surface area (Å²) in [5.41, 5.74) is -0.956. The summed E-state index contributed by atoms with van der Waals surface area (Å²) in [6.07, 6.45) is 0. The van der Waals surface area contributed by atoms with Crippen LogP contribution in [0.1, 0.15) is 13.8 Å². The first kappa shape index (κ1) is 19.5. The van der Waals surface area contributed by atoms with Gasteiger partial charge in [-0.1, -0.05) is 0 Å². The number of urea groups is 1. The van der Waals surface area contributed by atoms with Crippen LogP contribution in [-0.4, -0.2) is 58.6 Å². The van der Waals surface area contributed by atoms with Crippen LogP contribution in [0.25, 0.3) is 0 Å². The molecule has 20 heavy (non-hydrogen) atoms. The van der Waals surface area contributed by atoms with Crippen molar-refractivity contribution in [3.8, 4) is 0 Å². The molecule has 0 atom stereocenters. The van der Waals surface area contributed by atoms with Crippen LogP contribution in [-0.2, 0) is 4.79 Å². The number of hydrogen-bond acceptors (Lipinski definition) is 6. The maximum Gasteiger partial charge on any atom is 0.352 e. The number of aliphatic hydroxyl groups is 2. The zero-order chi connectivity index (χ0) is 16.3. The lowest BCUT2D eigenvalue weighted by molar-refractivity contribution is -0.542. The van der Waals surface area contributed by atoms with Crippen LogP contribution in [0.4, 0.5) is 4.79 Å². The van der Waals surface area contributed by atoms with Gasteiger partial charge in [-0.05, 0) is 13.8 Å². The standard InChI is InChI=1S/C5H6BrClN2O2.C3H6BrNO4/c1-5(2)3(10)8(6)4(11)9(5)7;4-3(1-6,2-7)5(8)9/h1-2H3;6-7H,1-2H2. The van der Waals surface area contributed by atoms with Gasteiger partial charge >= 0.3 is 10.5 Å². The third kappa shape index (κ3) is 3.79. The monoisotopic (exact) mass is 439 g/mol. The summed E-state index contributed by atoms with van der Waals surface area (Å²) in [5.74, 6) is -0.363. The van der Waals surface area contributed by atoms with Crippen LogP contribution in [0.15, 0.2) is 0 Å². The number of alkyl halides is 1. The topological polar surface area (TPSA) is 124 Å². The number of rotatable bonds is 3. The highest BCUT2D eigenvalue weighted by Gasteiger charge is 2.50. The van der Waals surface area contributed by atoms with Gasteiger partial charge in [0.25, 0.3) is 5.91 Å². The Morgan fingerprint density at radius 2 is 1.80 bits per heavy atom. The molecule has 116 valence electrons. The Morgan fingerprint density at radius 3 is 1.85 bits per heavy atom. The van der Waals surface area contributed by atoms with Gasteiger partial charge < -0.3 is 10.2 Å². The maximum absolute atomic E-state index is 11.2. The SMILES string of the molecule is CC1(C)C(=O)N(Br)C(=O)N1Cl.O=[N+]([O-])C(Br)(CO)CO. The summed E-state index contributed by atoms with van der Waals surface area (Å²) in [6, 6.07) is -0.554. The fourth-order valence-electron chi connectivity index (χ4n) is 0.893. The summed E-state index contributed by atoms with van der Waals surface area (Å²) < 4.78 is -0.0862. The molecule has 2 N–H and O–H groups in total. The highest BCUT2D eigenvalue weighted by atomic mass is 79.9. The Morgan fingerprint density at radius 1 is 1.40 bits per heavy atom. The maximum atomic E-state index is 11.2. The van der Waals surface area contributed by atoms with Crippen molar-refractivity contribution in [1.82, 2.24) is 8.34 Å². The molecule has 0 unspecified atom stereocenters. The molecule has 0 radical (unpaired) electrons. The van der Waals surface area contributed by atoms with Gasteiger partial charge in [-0.25, -0.2) is 9.21 Å². The minimum Gasteiger partial charge on any atom is -0.388 e. The molecule has 1 heterocycles. The van der Waals surface area contributed by atoms with Gasteiger partial charge in [0.05, 0.1) is 16.1 Å². The van der Waals surface area contributed by atoms with Crippen LogP contribution < -0.4 is 0 Å². The summed E-state index contributed by atoms with van der Waals surface area (Å²) in [4.78, 5) is 31.3. The lowest BCUT2D eigenvalue weighted by Gasteiger charge is -2.18. The largest absolute Gasteiger partial charge is 0.388 e. The third-order valence-corrected chi connectivity index (χ3v) is 4.32. The molecule has 0 aromatic rings. The van der Waals surface area contributed by atoms with Gasteiger partial charge in [0.15, 0.2) is 0 Å². The van der Waals surface area contributed by atoms with Crippen LogP contribution >= 0.6 is 43.9 Å². The van der Waals surface area contributed by atoms with E-state index >= 15 is 0 Å². The van der Waals surface area contributed by atoms with Gasteiger partial charge in [-0.3, -0.25) is 14.9 Å². The number of imide groups is 1. The second kappa shape index (κ2) is 6.98. The predicted octanol–water partition coefficient (Wildman–Crippen LogP) is 0.832. The minimum atomic E-state index is -1.77. The zero-order valence-electron chi connectivity index (χ0n) is 10.4. The molecule has 1 aliphatic heterocycles. The quantitative estimate of drug-likeness (QED) is 0.167. The number of halogens is 3. The fraction of sp³-hybridized carbons (Fsp3) is 0.750. The van der Waals surface area contributed by atoms with E-state index in [1.165, 1.54) is 0 Å². The van der Waals surface area contributed by atoms with E-state index in [1.54, 1.807) is 13.8 Å². The number of nitro groups is 1. The van der Waals surface area contributed by atoms with Crippen LogP contribution in [0.2, 0.25) is 0 Å². The lowest BCUT2D eigenvalue weighted by atomic mass is 10.1. The number of carbonyl (C=O) groups excluding carboxylic acids is 2. The molecule has 1 saturated heterocycles. The number of nitrogens with zero attached hydrogens (tertiary/aromatic N) is 3. The van der Waals surface area contributed by atoms with Gasteiger partial charge in [0.2, 0.25) is 0 Å². The fourth-order valence-corrected chi connectivity index (χ4v) is 1.72. The van der Waals surface area contributed by atoms with Crippen molar-refractivity contribution in [3.05, 3.63) is 10.1 Å². The smallest absolute Gasteiger partial charge is 0.352 e. The number of carbonyl (C=O) groups is 2. The molecule has 0 aromatic carbocycles. The number of aliphatic hydroxyl groups excluding tert-OH is 2. The van der Waals surface area contributed by atoms with E-state index in [0.717, 1.165) is 8.34 Å². The average Bonchev–Trinajstić information content (AvgIpc) is 2.54. The summed E-state index contributed by atoms with van der Waals surface area (Å²) in [7, 11) is 0. The molecular formula is C8H12Br2ClN3O6. The number of amides is 3. The van der Waals surface area contributed by atoms with Crippen molar-refractivity contribution in [1.29, 1.82) is 0 Å². The predicted molar refractivity (Wildman–Crippen MR) is 75.8 cm³/mol. The van der Waals surface area contributed by atoms with E-state index in [1.807, 2.05) is 0 Å². The second-order valence-electron chi connectivity index (χ2n) is 4.20. The van der Waals surface area contributed by atoms with E-state index < -0.39 is 34.2 Å². The first-order valence-electron chi connectivity index (χ1n) is 5.01. The molecule has 1 aliphatic rings. The Labute approximate surface area is 136 Å². The van der Waals surface area contributed by atoms with E-state index in [-0.39, 0.29) is 5.91 Å². The molecule has 9 nitrogen and oxygen atoms in total. The van der Waals surface area contributed by atoms with Crippen molar-refractivity contribution < 1.29 is 24.7 Å². The first-order chi connectivity index (χ1) is 8.95.